The topological polar surface area (TPSA) is 32.7 Å². The van der Waals surface area contributed by atoms with Crippen molar-refractivity contribution >= 4 is 5.69 Å². The third-order valence-electron chi connectivity index (χ3n) is 2.86. The van der Waals surface area contributed by atoms with E-state index in [0.29, 0.717) is 6.54 Å². The van der Waals surface area contributed by atoms with Gasteiger partial charge in [-0.15, -0.1) is 0 Å². The third-order valence-corrected chi connectivity index (χ3v) is 2.86. The Labute approximate surface area is 98.6 Å². The number of aliphatic hydroxyl groups excluding tert-OH is 1. The summed E-state index contributed by atoms with van der Waals surface area (Å²) >= 11 is 0. The number of alkyl halides is 2. The van der Waals surface area contributed by atoms with Gasteiger partial charge in [-0.25, -0.2) is 0 Å². The molecule has 1 aliphatic heterocycles. The van der Waals surface area contributed by atoms with Gasteiger partial charge in [-0.2, -0.15) is 8.78 Å². The lowest BCUT2D eigenvalue weighted by molar-refractivity contribution is -0.0498. The lowest BCUT2D eigenvalue weighted by atomic mass is 10.0. The number of nitrogens with zero attached hydrogens (tertiary/aromatic N) is 1. The molecule has 5 heteroatoms. The van der Waals surface area contributed by atoms with Gasteiger partial charge >= 0.3 is 6.61 Å². The highest BCUT2D eigenvalue weighted by Gasteiger charge is 2.17. The molecule has 1 aromatic carbocycles. The molecule has 0 spiro atoms. The minimum atomic E-state index is -2.79. The Hall–Kier alpha value is -1.36. The number of hydrogen-bond donors (Lipinski definition) is 1. The van der Waals surface area contributed by atoms with Crippen LogP contribution in [-0.2, 0) is 6.42 Å². The zero-order chi connectivity index (χ0) is 12.3. The Balaban J connectivity index is 2.20. The molecule has 0 saturated carbocycles. The summed E-state index contributed by atoms with van der Waals surface area (Å²) in [6.45, 7) is -1.23. The lowest BCUT2D eigenvalue weighted by Gasteiger charge is -2.31. The van der Waals surface area contributed by atoms with Crippen molar-refractivity contribution in [3.63, 3.8) is 0 Å². The van der Waals surface area contributed by atoms with Crippen LogP contribution < -0.4 is 9.64 Å². The maximum absolute atomic E-state index is 12.1. The summed E-state index contributed by atoms with van der Waals surface area (Å²) in [4.78, 5) is 2.06. The molecule has 94 valence electrons. The predicted molar refractivity (Wildman–Crippen MR) is 60.7 cm³/mol. The molecule has 1 aliphatic rings. The van der Waals surface area contributed by atoms with Crippen LogP contribution in [-0.4, -0.2) is 31.4 Å². The number of anilines is 1. The van der Waals surface area contributed by atoms with E-state index < -0.39 is 6.61 Å². The molecule has 2 rings (SSSR count). The van der Waals surface area contributed by atoms with Crippen LogP contribution in [0.25, 0.3) is 0 Å². The first-order valence-corrected chi connectivity index (χ1v) is 5.64. The fourth-order valence-corrected chi connectivity index (χ4v) is 2.18. The van der Waals surface area contributed by atoms with Crippen molar-refractivity contribution in [1.82, 2.24) is 0 Å². The van der Waals surface area contributed by atoms with Crippen LogP contribution in [0.5, 0.6) is 5.75 Å². The summed E-state index contributed by atoms with van der Waals surface area (Å²) in [5, 5.41) is 8.95. The van der Waals surface area contributed by atoms with E-state index >= 15 is 0 Å². The van der Waals surface area contributed by atoms with Crippen molar-refractivity contribution in [1.29, 1.82) is 0 Å². The van der Waals surface area contributed by atoms with E-state index in [-0.39, 0.29) is 12.4 Å². The van der Waals surface area contributed by atoms with Crippen molar-refractivity contribution in [3.05, 3.63) is 23.8 Å². The highest BCUT2D eigenvalue weighted by Crippen LogP contribution is 2.30. The number of aliphatic hydroxyl groups is 1. The van der Waals surface area contributed by atoms with E-state index in [4.69, 9.17) is 5.11 Å². The Morgan fingerprint density at radius 2 is 2.24 bits per heavy atom. The van der Waals surface area contributed by atoms with Crippen LogP contribution >= 0.6 is 0 Å². The second kappa shape index (κ2) is 5.31. The third kappa shape index (κ3) is 2.85. The minimum Gasteiger partial charge on any atom is -0.435 e. The maximum atomic E-state index is 12.1. The fourth-order valence-electron chi connectivity index (χ4n) is 2.18. The molecule has 17 heavy (non-hydrogen) atoms. The summed E-state index contributed by atoms with van der Waals surface area (Å²) in [5.74, 6) is 0.199. The molecule has 3 nitrogen and oxygen atoms in total. The Kier molecular flexibility index (Phi) is 3.78. The Bertz CT molecular complexity index is 385. The molecule has 0 aromatic heterocycles. The van der Waals surface area contributed by atoms with E-state index in [9.17, 15) is 8.78 Å². The van der Waals surface area contributed by atoms with Crippen LogP contribution in [0, 0.1) is 0 Å². The van der Waals surface area contributed by atoms with Gasteiger partial charge in [-0.05, 0) is 36.6 Å². The van der Waals surface area contributed by atoms with Gasteiger partial charge in [-0.1, -0.05) is 0 Å². The number of hydrogen-bond acceptors (Lipinski definition) is 3. The Morgan fingerprint density at radius 3 is 2.94 bits per heavy atom. The highest BCUT2D eigenvalue weighted by molar-refractivity contribution is 5.58. The zero-order valence-electron chi connectivity index (χ0n) is 9.40. The summed E-state index contributed by atoms with van der Waals surface area (Å²) in [7, 11) is 0. The molecule has 1 aromatic rings. The average Bonchev–Trinajstić information content (AvgIpc) is 2.28. The van der Waals surface area contributed by atoms with Crippen molar-refractivity contribution < 1.29 is 18.6 Å². The fraction of sp³-hybridized carbons (Fsp3) is 0.500. The number of ether oxygens (including phenoxy) is 1. The molecule has 1 N–H and O–H groups in total. The van der Waals surface area contributed by atoms with Gasteiger partial charge in [0, 0.05) is 18.8 Å². The number of halogens is 2. The molecule has 0 fully saturated rings. The standard InChI is InChI=1S/C12H15F2NO2/c13-12(14)17-10-3-4-11-9(8-10)2-1-5-15(11)6-7-16/h3-4,8,12,16H,1-2,5-7H2. The Morgan fingerprint density at radius 1 is 1.41 bits per heavy atom. The molecule has 1 heterocycles. The first kappa shape index (κ1) is 12.1. The van der Waals surface area contributed by atoms with E-state index in [1.54, 1.807) is 18.2 Å². The quantitative estimate of drug-likeness (QED) is 0.878. The van der Waals surface area contributed by atoms with E-state index in [0.717, 1.165) is 30.6 Å². The number of rotatable bonds is 4. The second-order valence-electron chi connectivity index (χ2n) is 3.98. The second-order valence-corrected chi connectivity index (χ2v) is 3.98. The SMILES string of the molecule is OCCN1CCCc2cc(OC(F)F)ccc21. The van der Waals surface area contributed by atoms with Gasteiger partial charge < -0.3 is 14.7 Å². The zero-order valence-corrected chi connectivity index (χ0v) is 9.40. The molecular weight excluding hydrogens is 228 g/mol. The highest BCUT2D eigenvalue weighted by atomic mass is 19.3. The number of aryl methyl sites for hydroxylation is 1. The van der Waals surface area contributed by atoms with Crippen molar-refractivity contribution in [2.24, 2.45) is 0 Å². The van der Waals surface area contributed by atoms with E-state index in [1.165, 1.54) is 0 Å². The number of benzene rings is 1. The maximum Gasteiger partial charge on any atom is 0.387 e. The summed E-state index contributed by atoms with van der Waals surface area (Å²) < 4.78 is 28.5. The average molecular weight is 243 g/mol. The monoisotopic (exact) mass is 243 g/mol. The number of β-amino-alcohol motifs (C(OH)–C–C–N with tert-alkyl or cyclic N) is 1. The largest absolute Gasteiger partial charge is 0.435 e. The van der Waals surface area contributed by atoms with Crippen molar-refractivity contribution in [2.45, 2.75) is 19.5 Å². The van der Waals surface area contributed by atoms with Crippen LogP contribution in [0.4, 0.5) is 14.5 Å². The molecule has 0 amide bonds. The summed E-state index contributed by atoms with van der Waals surface area (Å²) in [5.41, 5.74) is 2.01. The smallest absolute Gasteiger partial charge is 0.387 e. The minimum absolute atomic E-state index is 0.0920. The van der Waals surface area contributed by atoms with Gasteiger partial charge in [0.2, 0.25) is 0 Å². The van der Waals surface area contributed by atoms with Crippen LogP contribution in [0.3, 0.4) is 0 Å². The van der Waals surface area contributed by atoms with Gasteiger partial charge in [0.1, 0.15) is 5.75 Å². The summed E-state index contributed by atoms with van der Waals surface area (Å²) in [6.07, 6.45) is 1.82. The normalized spacial score (nSPS) is 14.9. The van der Waals surface area contributed by atoms with Crippen molar-refractivity contribution in [2.75, 3.05) is 24.6 Å². The van der Waals surface area contributed by atoms with Gasteiger partial charge in [-0.3, -0.25) is 0 Å². The first-order chi connectivity index (χ1) is 8.20. The molecule has 0 atom stereocenters. The molecule has 0 aliphatic carbocycles. The molecule has 0 bridgehead atoms. The molecular formula is C12H15F2NO2. The first-order valence-electron chi connectivity index (χ1n) is 5.64. The van der Waals surface area contributed by atoms with Crippen LogP contribution in [0.1, 0.15) is 12.0 Å². The van der Waals surface area contributed by atoms with Crippen LogP contribution in [0.15, 0.2) is 18.2 Å². The number of fused-ring (bicyclic) bond motifs is 1. The van der Waals surface area contributed by atoms with Crippen LogP contribution in [0.2, 0.25) is 0 Å². The van der Waals surface area contributed by atoms with Gasteiger partial charge in [0.25, 0.3) is 0 Å². The van der Waals surface area contributed by atoms with Gasteiger partial charge in [0.15, 0.2) is 0 Å². The molecule has 0 saturated heterocycles. The molecule has 0 unspecified atom stereocenters. The van der Waals surface area contributed by atoms with Crippen molar-refractivity contribution in [3.8, 4) is 5.75 Å². The molecule has 0 radical (unpaired) electrons. The lowest BCUT2D eigenvalue weighted by Crippen LogP contribution is -2.31. The van der Waals surface area contributed by atoms with Gasteiger partial charge in [0.05, 0.1) is 6.61 Å². The van der Waals surface area contributed by atoms with E-state index in [2.05, 4.69) is 9.64 Å². The van der Waals surface area contributed by atoms with E-state index in [1.807, 2.05) is 0 Å². The summed E-state index contributed by atoms with van der Waals surface area (Å²) in [6, 6.07) is 4.98. The predicted octanol–water partition coefficient (Wildman–Crippen LogP) is 2.03.